The van der Waals surface area contributed by atoms with Crippen molar-refractivity contribution in [2.24, 2.45) is 5.92 Å². The molecule has 0 saturated heterocycles. The number of halogens is 1. The van der Waals surface area contributed by atoms with E-state index in [0.717, 1.165) is 0 Å². The van der Waals surface area contributed by atoms with E-state index in [4.69, 9.17) is 0 Å². The van der Waals surface area contributed by atoms with Crippen molar-refractivity contribution in [2.75, 3.05) is 19.8 Å². The molecule has 0 aliphatic carbocycles. The molecule has 3 rings (SSSR count). The van der Waals surface area contributed by atoms with Gasteiger partial charge in [-0.15, -0.1) is 5.10 Å². The summed E-state index contributed by atoms with van der Waals surface area (Å²) in [5, 5.41) is 39.4. The van der Waals surface area contributed by atoms with Crippen LogP contribution in [0.4, 0.5) is 4.39 Å². The number of aromatic nitrogens is 3. The maximum atomic E-state index is 13.2. The summed E-state index contributed by atoms with van der Waals surface area (Å²) >= 11 is 0. The third kappa shape index (κ3) is 14.5. The number of hydrogen-bond donors (Lipinski definition) is 7. The van der Waals surface area contributed by atoms with E-state index in [1.165, 1.54) is 23.0 Å². The summed E-state index contributed by atoms with van der Waals surface area (Å²) in [6.07, 6.45) is 1.80. The Morgan fingerprint density at radius 3 is 2.02 bits per heavy atom. The molecule has 0 aliphatic heterocycles. The van der Waals surface area contributed by atoms with Gasteiger partial charge in [-0.05, 0) is 35.6 Å². The number of nitrogens with zero attached hydrogens (tertiary/aromatic N) is 3. The molecule has 0 saturated carbocycles. The molecule has 5 amide bonds. The second kappa shape index (κ2) is 20.7. The number of alkyl halides is 1. The van der Waals surface area contributed by atoms with Crippen LogP contribution in [0.1, 0.15) is 43.5 Å². The monoisotopic (exact) mass is 723 g/mol. The first-order valence-electron chi connectivity index (χ1n) is 16.8. The molecule has 16 nitrogen and oxygen atoms in total. The van der Waals surface area contributed by atoms with Crippen molar-refractivity contribution in [1.29, 1.82) is 0 Å². The minimum Gasteiger partial charge on any atom is -0.508 e. The van der Waals surface area contributed by atoms with Gasteiger partial charge >= 0.3 is 5.97 Å². The maximum absolute atomic E-state index is 13.2. The number of aliphatic carboxylic acids is 1. The van der Waals surface area contributed by atoms with Gasteiger partial charge in [0.2, 0.25) is 29.5 Å². The summed E-state index contributed by atoms with van der Waals surface area (Å²) in [4.78, 5) is 76.3. The van der Waals surface area contributed by atoms with Crippen LogP contribution in [0, 0.1) is 5.92 Å². The van der Waals surface area contributed by atoms with Gasteiger partial charge in [-0.3, -0.25) is 33.0 Å². The van der Waals surface area contributed by atoms with Crippen molar-refractivity contribution in [2.45, 2.75) is 70.6 Å². The largest absolute Gasteiger partial charge is 0.508 e. The smallest absolute Gasteiger partial charge is 0.326 e. The van der Waals surface area contributed by atoms with E-state index >= 15 is 0 Å². The van der Waals surface area contributed by atoms with Crippen LogP contribution >= 0.6 is 0 Å². The third-order valence-electron chi connectivity index (χ3n) is 7.66. The van der Waals surface area contributed by atoms with Crippen LogP contribution in [0.5, 0.6) is 5.75 Å². The van der Waals surface area contributed by atoms with Crippen molar-refractivity contribution in [1.82, 2.24) is 41.6 Å². The van der Waals surface area contributed by atoms with Crippen molar-refractivity contribution < 1.29 is 43.4 Å². The highest BCUT2D eigenvalue weighted by Gasteiger charge is 2.28. The predicted octanol–water partition coefficient (Wildman–Crippen LogP) is 0.189. The van der Waals surface area contributed by atoms with E-state index in [2.05, 4.69) is 36.9 Å². The third-order valence-corrected chi connectivity index (χ3v) is 7.66. The Morgan fingerprint density at radius 1 is 0.769 bits per heavy atom. The number of phenols is 1. The Labute approximate surface area is 299 Å². The topological polar surface area (TPSA) is 234 Å². The van der Waals surface area contributed by atoms with Crippen LogP contribution in [0.2, 0.25) is 0 Å². The van der Waals surface area contributed by atoms with E-state index in [0.29, 0.717) is 16.8 Å². The summed E-state index contributed by atoms with van der Waals surface area (Å²) in [5.41, 5.74) is 1.76. The average Bonchev–Trinajstić information content (AvgIpc) is 3.56. The van der Waals surface area contributed by atoms with Crippen molar-refractivity contribution >= 4 is 35.5 Å². The van der Waals surface area contributed by atoms with E-state index in [9.17, 15) is 43.4 Å². The van der Waals surface area contributed by atoms with Crippen LogP contribution in [-0.4, -0.2) is 98.6 Å². The lowest BCUT2D eigenvalue weighted by molar-refractivity contribution is -0.142. The van der Waals surface area contributed by atoms with Crippen molar-refractivity contribution in [3.05, 3.63) is 77.6 Å². The molecule has 0 fully saturated rings. The van der Waals surface area contributed by atoms with Gasteiger partial charge in [0.05, 0.1) is 32.0 Å². The number of carbonyl (C=O) groups is 6. The number of carbonyl (C=O) groups excluding carboxylic acids is 5. The standard InChI is InChI=1S/C35H45FN8O8/c1-22(2)16-29(35(51)52)41-34(50)28(17-23-6-4-3-5-7-23)40-32(48)20-37-31(47)19-38-33(49)27(18-24-8-10-26(45)11-9-24)39-30(46)13-15-44-21-25(12-14-36)42-43-44/h3-11,21-22,27-29,45H,12-20H2,1-2H3,(H,37,47)(H,38,49)(H,39,46)(H,40,48)(H,41,50)(H,51,52)/t27-,28-,29-/m0/s1/i36-1. The Kier molecular flexibility index (Phi) is 16.2. The number of aromatic hydroxyl groups is 1. The molecule has 1 aromatic heterocycles. The second-order valence-electron chi connectivity index (χ2n) is 12.5. The lowest BCUT2D eigenvalue weighted by Crippen LogP contribution is -2.54. The number of benzene rings is 2. The molecular formula is C35H45FN8O8. The van der Waals surface area contributed by atoms with Gasteiger partial charge in [-0.25, -0.2) is 4.79 Å². The first-order chi connectivity index (χ1) is 24.8. The zero-order valence-corrected chi connectivity index (χ0v) is 29.0. The van der Waals surface area contributed by atoms with Crippen LogP contribution in [-0.2, 0) is 54.6 Å². The van der Waals surface area contributed by atoms with Crippen LogP contribution in [0.15, 0.2) is 60.8 Å². The summed E-state index contributed by atoms with van der Waals surface area (Å²) in [6, 6.07) is 11.4. The Morgan fingerprint density at radius 2 is 1.38 bits per heavy atom. The number of carboxylic acids is 1. The molecule has 2 aromatic carbocycles. The minimum absolute atomic E-state index is 0.0112. The van der Waals surface area contributed by atoms with E-state index in [1.54, 1.807) is 42.5 Å². The van der Waals surface area contributed by atoms with Crippen LogP contribution < -0.4 is 26.6 Å². The first-order valence-corrected chi connectivity index (χ1v) is 16.8. The number of nitrogens with one attached hydrogen (secondary N) is 5. The van der Waals surface area contributed by atoms with E-state index < -0.39 is 73.4 Å². The van der Waals surface area contributed by atoms with E-state index in [1.807, 2.05) is 13.8 Å². The Balaban J connectivity index is 1.56. The zero-order valence-electron chi connectivity index (χ0n) is 29.0. The highest BCUT2D eigenvalue weighted by Crippen LogP contribution is 2.12. The predicted molar refractivity (Wildman–Crippen MR) is 185 cm³/mol. The highest BCUT2D eigenvalue weighted by atomic mass is 18.2. The Hall–Kier alpha value is -5.87. The molecule has 1 heterocycles. The molecule has 17 heteroatoms. The molecule has 0 radical (unpaired) electrons. The number of carboxylic acid groups (broad SMARTS) is 1. The fourth-order valence-corrected chi connectivity index (χ4v) is 5.02. The summed E-state index contributed by atoms with van der Waals surface area (Å²) in [6.45, 7) is 2.06. The SMILES string of the molecule is CC(C)C[C@H](NC(=O)[C@H](Cc1ccccc1)NC(=O)CNC(=O)CNC(=O)[C@H](Cc1ccc(O)cc1)NC(=O)CCn1cc(CC[18F])nn1)C(=O)O. The molecule has 0 bridgehead atoms. The second-order valence-corrected chi connectivity index (χ2v) is 12.5. The molecular weight excluding hydrogens is 678 g/mol. The van der Waals surface area contributed by atoms with Gasteiger partial charge in [0.15, 0.2) is 0 Å². The summed E-state index contributed by atoms with van der Waals surface area (Å²) in [5.74, 6) is -4.58. The number of amides is 5. The lowest BCUT2D eigenvalue weighted by Gasteiger charge is -2.22. The fraction of sp³-hybridized carbons (Fsp3) is 0.429. The van der Waals surface area contributed by atoms with Crippen molar-refractivity contribution in [3.63, 3.8) is 0 Å². The van der Waals surface area contributed by atoms with Gasteiger partial charge < -0.3 is 36.8 Å². The fourth-order valence-electron chi connectivity index (χ4n) is 5.02. The van der Waals surface area contributed by atoms with Gasteiger partial charge in [0.25, 0.3) is 0 Å². The summed E-state index contributed by atoms with van der Waals surface area (Å²) in [7, 11) is 0. The van der Waals surface area contributed by atoms with Gasteiger partial charge in [0.1, 0.15) is 23.9 Å². The highest BCUT2D eigenvalue weighted by molar-refractivity contribution is 5.93. The number of rotatable bonds is 21. The van der Waals surface area contributed by atoms with Gasteiger partial charge in [-0.2, -0.15) is 0 Å². The number of aryl methyl sites for hydroxylation is 2. The molecule has 0 spiro atoms. The molecule has 3 atom stereocenters. The first kappa shape index (κ1) is 40.6. The average molecular weight is 724 g/mol. The number of phenolic OH excluding ortho intramolecular Hbond substituents is 1. The maximum Gasteiger partial charge on any atom is 0.326 e. The van der Waals surface area contributed by atoms with Gasteiger partial charge in [0, 0.05) is 31.9 Å². The molecule has 52 heavy (non-hydrogen) atoms. The van der Waals surface area contributed by atoms with Crippen LogP contribution in [0.25, 0.3) is 0 Å². The minimum atomic E-state index is -1.21. The zero-order chi connectivity index (χ0) is 38.0. The normalized spacial score (nSPS) is 12.6. The quantitative estimate of drug-likeness (QED) is 0.0788. The molecule has 0 unspecified atom stereocenters. The lowest BCUT2D eigenvalue weighted by atomic mass is 10.0. The molecule has 7 N–H and O–H groups in total. The Bertz CT molecular complexity index is 1650. The molecule has 3 aromatic rings. The van der Waals surface area contributed by atoms with Crippen LogP contribution in [0.3, 0.4) is 0 Å². The van der Waals surface area contributed by atoms with Gasteiger partial charge in [-0.1, -0.05) is 61.5 Å². The molecule has 0 aliphatic rings. The van der Waals surface area contributed by atoms with Crippen molar-refractivity contribution in [3.8, 4) is 5.75 Å². The molecule has 280 valence electrons. The number of hydrogen-bond acceptors (Lipinski definition) is 9. The summed E-state index contributed by atoms with van der Waals surface area (Å²) < 4.78 is 14.0. The van der Waals surface area contributed by atoms with E-state index in [-0.39, 0.29) is 50.3 Å².